The van der Waals surface area contributed by atoms with Gasteiger partial charge in [-0.15, -0.1) is 0 Å². The minimum absolute atomic E-state index is 0.897. The van der Waals surface area contributed by atoms with E-state index in [0.717, 1.165) is 50.1 Å². The second kappa shape index (κ2) is 16.8. The number of hydrogen-bond acceptors (Lipinski definition) is 2. The third-order valence-corrected chi connectivity index (χ3v) is 12.9. The van der Waals surface area contributed by atoms with Crippen LogP contribution < -0.4 is 4.90 Å². The topological polar surface area (TPSA) is 16.4 Å². The Balaban J connectivity index is 0.858. The first-order valence-electron chi connectivity index (χ1n) is 22.6. The second-order valence-corrected chi connectivity index (χ2v) is 16.9. The van der Waals surface area contributed by atoms with E-state index in [4.69, 9.17) is 4.42 Å². The summed E-state index contributed by atoms with van der Waals surface area (Å²) in [5.41, 5.74) is 19.3. The molecule has 0 unspecified atom stereocenters. The van der Waals surface area contributed by atoms with Gasteiger partial charge in [0.2, 0.25) is 0 Å². The van der Waals surface area contributed by atoms with Crippen LogP contribution in [0, 0.1) is 0 Å². The van der Waals surface area contributed by atoms with Crippen LogP contribution in [0.15, 0.2) is 265 Å². The number of furan rings is 1. The fourth-order valence-corrected chi connectivity index (χ4v) is 9.46. The first-order valence-corrected chi connectivity index (χ1v) is 22.6. The molecule has 1 aromatic heterocycles. The van der Waals surface area contributed by atoms with Gasteiger partial charge in [-0.05, 0) is 144 Å². The van der Waals surface area contributed by atoms with Crippen molar-refractivity contribution in [2.75, 3.05) is 4.90 Å². The Morgan fingerprint density at radius 2 is 0.636 bits per heavy atom. The Bertz CT molecular complexity index is 3660. The second-order valence-electron chi connectivity index (χ2n) is 16.9. The molecule has 0 fully saturated rings. The number of rotatable bonds is 9. The van der Waals surface area contributed by atoms with Gasteiger partial charge in [-0.3, -0.25) is 0 Å². The molecule has 0 atom stereocenters. The third kappa shape index (κ3) is 7.41. The number of para-hydroxylation sites is 1. The quantitative estimate of drug-likeness (QED) is 0.144. The van der Waals surface area contributed by atoms with Crippen molar-refractivity contribution in [1.29, 1.82) is 0 Å². The molecule has 0 saturated carbocycles. The van der Waals surface area contributed by atoms with Crippen molar-refractivity contribution in [3.8, 4) is 66.8 Å². The smallest absolute Gasteiger partial charge is 0.136 e. The molecular formula is C64H43NO. The molecule has 0 N–H and O–H groups in total. The van der Waals surface area contributed by atoms with Crippen LogP contribution in [0.5, 0.6) is 0 Å². The van der Waals surface area contributed by atoms with Crippen LogP contribution in [0.25, 0.3) is 99.5 Å². The van der Waals surface area contributed by atoms with E-state index < -0.39 is 0 Å². The lowest BCUT2D eigenvalue weighted by Gasteiger charge is -2.26. The van der Waals surface area contributed by atoms with Crippen molar-refractivity contribution in [1.82, 2.24) is 0 Å². The molecule has 2 nitrogen and oxygen atoms in total. The first kappa shape index (κ1) is 38.9. The predicted molar refractivity (Wildman–Crippen MR) is 279 cm³/mol. The molecule has 11 aromatic carbocycles. The monoisotopic (exact) mass is 841 g/mol. The highest BCUT2D eigenvalue weighted by molar-refractivity contribution is 6.06. The fraction of sp³-hybridized carbons (Fsp3) is 0. The molecule has 66 heavy (non-hydrogen) atoms. The van der Waals surface area contributed by atoms with Crippen LogP contribution in [0.3, 0.4) is 0 Å². The number of nitrogens with zero attached hydrogens (tertiary/aromatic N) is 1. The largest absolute Gasteiger partial charge is 0.456 e. The van der Waals surface area contributed by atoms with Crippen LogP contribution in [-0.4, -0.2) is 0 Å². The molecule has 310 valence electrons. The van der Waals surface area contributed by atoms with Gasteiger partial charge in [0.25, 0.3) is 0 Å². The average molecular weight is 842 g/mol. The molecule has 0 aliphatic rings. The van der Waals surface area contributed by atoms with E-state index in [1.165, 1.54) is 66.4 Å². The Morgan fingerprint density at radius 3 is 1.29 bits per heavy atom. The van der Waals surface area contributed by atoms with Gasteiger partial charge in [0.05, 0.1) is 0 Å². The van der Waals surface area contributed by atoms with Crippen molar-refractivity contribution in [2.24, 2.45) is 0 Å². The molecule has 0 amide bonds. The van der Waals surface area contributed by atoms with Gasteiger partial charge >= 0.3 is 0 Å². The van der Waals surface area contributed by atoms with Gasteiger partial charge in [0.1, 0.15) is 11.2 Å². The summed E-state index contributed by atoms with van der Waals surface area (Å²) in [5.74, 6) is 0. The normalized spacial score (nSPS) is 11.3. The molecule has 12 rings (SSSR count). The molecule has 0 radical (unpaired) electrons. The van der Waals surface area contributed by atoms with Crippen molar-refractivity contribution >= 4 is 49.8 Å². The molecule has 0 aliphatic heterocycles. The summed E-state index contributed by atoms with van der Waals surface area (Å²) in [6.45, 7) is 0. The highest BCUT2D eigenvalue weighted by Crippen LogP contribution is 2.40. The van der Waals surface area contributed by atoms with Crippen molar-refractivity contribution in [2.45, 2.75) is 0 Å². The van der Waals surface area contributed by atoms with E-state index in [1.807, 2.05) is 12.1 Å². The summed E-state index contributed by atoms with van der Waals surface area (Å²) in [4.78, 5) is 2.34. The van der Waals surface area contributed by atoms with E-state index in [9.17, 15) is 0 Å². The minimum atomic E-state index is 0.897. The Kier molecular flexibility index (Phi) is 9.89. The van der Waals surface area contributed by atoms with Crippen molar-refractivity contribution in [3.63, 3.8) is 0 Å². The maximum absolute atomic E-state index is 6.26. The maximum atomic E-state index is 6.26. The summed E-state index contributed by atoms with van der Waals surface area (Å²) >= 11 is 0. The first-order chi connectivity index (χ1) is 32.7. The van der Waals surface area contributed by atoms with Crippen LogP contribution in [0.2, 0.25) is 0 Å². The van der Waals surface area contributed by atoms with Gasteiger partial charge in [-0.1, -0.05) is 194 Å². The molecule has 0 spiro atoms. The zero-order valence-electron chi connectivity index (χ0n) is 36.2. The van der Waals surface area contributed by atoms with Crippen molar-refractivity contribution < 1.29 is 4.42 Å². The van der Waals surface area contributed by atoms with E-state index in [-0.39, 0.29) is 0 Å². The third-order valence-electron chi connectivity index (χ3n) is 12.9. The van der Waals surface area contributed by atoms with Crippen molar-refractivity contribution in [3.05, 3.63) is 261 Å². The minimum Gasteiger partial charge on any atom is -0.456 e. The molecule has 1 heterocycles. The lowest BCUT2D eigenvalue weighted by Crippen LogP contribution is -2.09. The fourth-order valence-electron chi connectivity index (χ4n) is 9.46. The van der Waals surface area contributed by atoms with E-state index >= 15 is 0 Å². The van der Waals surface area contributed by atoms with Gasteiger partial charge in [0, 0.05) is 27.8 Å². The highest BCUT2D eigenvalue weighted by atomic mass is 16.3. The molecule has 0 bridgehead atoms. The van der Waals surface area contributed by atoms with E-state index in [0.29, 0.717) is 0 Å². The van der Waals surface area contributed by atoms with Gasteiger partial charge in [-0.2, -0.15) is 0 Å². The van der Waals surface area contributed by atoms with Crippen LogP contribution in [0.4, 0.5) is 17.1 Å². The molecule has 2 heteroatoms. The van der Waals surface area contributed by atoms with Gasteiger partial charge in [0.15, 0.2) is 0 Å². The zero-order valence-corrected chi connectivity index (χ0v) is 36.2. The SMILES string of the molecule is c1ccc(-c2ccccc2-c2ccc(N(c3ccc(-c4ccc(-c5cccc(-c6ccc7ccccc7c6)c5)cc4)cc3)c3ccc(-c4ccc5c(c4)oc4ccccc45)cc3)cc2)cc1. The van der Waals surface area contributed by atoms with Crippen LogP contribution in [-0.2, 0) is 0 Å². The van der Waals surface area contributed by atoms with Gasteiger partial charge < -0.3 is 9.32 Å². The molecular weight excluding hydrogens is 799 g/mol. The number of anilines is 3. The Labute approximate surface area is 384 Å². The zero-order chi connectivity index (χ0) is 43.8. The lowest BCUT2D eigenvalue weighted by atomic mass is 9.94. The highest BCUT2D eigenvalue weighted by Gasteiger charge is 2.16. The molecule has 12 aromatic rings. The van der Waals surface area contributed by atoms with E-state index in [2.05, 4.69) is 254 Å². The van der Waals surface area contributed by atoms with Crippen LogP contribution >= 0.6 is 0 Å². The Hall–Kier alpha value is -8.72. The summed E-state index contributed by atoms with van der Waals surface area (Å²) in [6.07, 6.45) is 0. The van der Waals surface area contributed by atoms with Gasteiger partial charge in [-0.25, -0.2) is 0 Å². The number of benzene rings is 11. The molecule has 0 saturated heterocycles. The summed E-state index contributed by atoms with van der Waals surface area (Å²) in [6, 6.07) is 93.8. The lowest BCUT2D eigenvalue weighted by molar-refractivity contribution is 0.669. The predicted octanol–water partition coefficient (Wildman–Crippen LogP) is 18.2. The summed E-state index contributed by atoms with van der Waals surface area (Å²) < 4.78 is 6.26. The summed E-state index contributed by atoms with van der Waals surface area (Å²) in [5, 5.41) is 4.78. The molecule has 0 aliphatic carbocycles. The maximum Gasteiger partial charge on any atom is 0.136 e. The standard InChI is InChI=1S/C64H43NO/c1-2-12-49(13-3-1)59-17-6-7-18-60(59)50-31-38-58(39-32-50)65(57-36-29-48(30-37-57)55-33-40-62-61-19-8-9-20-63(61)66-64(62)43-55)56-34-27-46(28-35-56)45-21-23-47(24-22-45)52-15-10-16-53(41-52)54-26-25-44-11-4-5-14-51(44)42-54/h1-43H. The number of fused-ring (bicyclic) bond motifs is 4. The Morgan fingerprint density at radius 1 is 0.227 bits per heavy atom. The van der Waals surface area contributed by atoms with Crippen LogP contribution in [0.1, 0.15) is 0 Å². The van der Waals surface area contributed by atoms with E-state index in [1.54, 1.807) is 0 Å². The summed E-state index contributed by atoms with van der Waals surface area (Å²) in [7, 11) is 0. The number of hydrogen-bond donors (Lipinski definition) is 0. The average Bonchev–Trinajstić information content (AvgIpc) is 3.78.